The van der Waals surface area contributed by atoms with Crippen LogP contribution in [0.4, 0.5) is 5.69 Å². The van der Waals surface area contributed by atoms with Gasteiger partial charge in [-0.25, -0.2) is 4.99 Å². The zero-order valence-electron chi connectivity index (χ0n) is 14.0. The van der Waals surface area contributed by atoms with Crippen LogP contribution in [-0.4, -0.2) is 47.0 Å². The lowest BCUT2D eigenvalue weighted by atomic mass is 10.1. The fraction of sp³-hybridized carbons (Fsp3) is 0.412. The quantitative estimate of drug-likeness (QED) is 0.328. The molecule has 3 N–H and O–H groups in total. The van der Waals surface area contributed by atoms with Gasteiger partial charge in [0, 0.05) is 12.2 Å². The largest absolute Gasteiger partial charge is 0.480 e. The highest BCUT2D eigenvalue weighted by Gasteiger charge is 2.28. The van der Waals surface area contributed by atoms with Crippen LogP contribution in [0.3, 0.4) is 0 Å². The number of rotatable bonds is 4. The molecule has 2 rings (SSSR count). The zero-order valence-corrected chi connectivity index (χ0v) is 14.0. The number of carboxylic acids is 1. The first-order chi connectivity index (χ1) is 12.0. The molecule has 1 aromatic rings. The molecule has 0 spiro atoms. The fourth-order valence-corrected chi connectivity index (χ4v) is 2.69. The molecule has 0 aromatic heterocycles. The van der Waals surface area contributed by atoms with Crippen molar-refractivity contribution in [1.29, 1.82) is 5.26 Å². The summed E-state index contributed by atoms with van der Waals surface area (Å²) in [5.41, 5.74) is 1.78. The lowest BCUT2D eigenvalue weighted by Crippen LogP contribution is -2.41. The second kappa shape index (κ2) is 8.68. The molecule has 132 valence electrons. The molecule has 0 saturated carbocycles. The Hall–Kier alpha value is -3.08. The van der Waals surface area contributed by atoms with Crippen LogP contribution in [0.25, 0.3) is 0 Å². The van der Waals surface area contributed by atoms with Crippen LogP contribution in [0.15, 0.2) is 29.3 Å². The minimum Gasteiger partial charge on any atom is -0.480 e. The number of amides is 1. The predicted octanol–water partition coefficient (Wildman–Crippen LogP) is 1.30. The average molecular weight is 343 g/mol. The van der Waals surface area contributed by atoms with Crippen LogP contribution in [-0.2, 0) is 9.59 Å². The standard InChI is InChI=1S/C17H21N5O3/c1-12-5-4-6-13(9-12)20-17(19-11-18)21-14-7-2-3-8-22(16(14)25)10-15(23)24/h4-6,9,14H,2-3,7-8,10H2,1H3,(H,23,24)(H2,19,20,21)/t14-/m0/s1. The van der Waals surface area contributed by atoms with E-state index in [0.29, 0.717) is 13.0 Å². The van der Waals surface area contributed by atoms with E-state index in [9.17, 15) is 9.59 Å². The van der Waals surface area contributed by atoms with E-state index < -0.39 is 12.0 Å². The molecule has 1 amide bonds. The molecule has 1 aliphatic heterocycles. The summed E-state index contributed by atoms with van der Waals surface area (Å²) in [5, 5.41) is 23.3. The number of carbonyl (C=O) groups excluding carboxylic acids is 1. The predicted molar refractivity (Wildman–Crippen MR) is 92.8 cm³/mol. The maximum Gasteiger partial charge on any atom is 0.323 e. The summed E-state index contributed by atoms with van der Waals surface area (Å²) in [4.78, 5) is 29.1. The highest BCUT2D eigenvalue weighted by Crippen LogP contribution is 2.16. The number of aliphatic imine (C=N–C) groups is 1. The maximum atomic E-state index is 12.5. The van der Waals surface area contributed by atoms with Crippen molar-refractivity contribution < 1.29 is 14.7 Å². The van der Waals surface area contributed by atoms with Crippen LogP contribution >= 0.6 is 0 Å². The van der Waals surface area contributed by atoms with Gasteiger partial charge in [-0.05, 0) is 43.9 Å². The summed E-state index contributed by atoms with van der Waals surface area (Å²) in [7, 11) is 0. The van der Waals surface area contributed by atoms with Gasteiger partial charge in [0.2, 0.25) is 11.9 Å². The Kier molecular flexibility index (Phi) is 6.34. The first-order valence-corrected chi connectivity index (χ1v) is 8.07. The number of aliphatic carboxylic acids is 1. The van der Waals surface area contributed by atoms with Crippen molar-refractivity contribution in [2.24, 2.45) is 4.99 Å². The molecule has 8 nitrogen and oxygen atoms in total. The number of nitrogens with zero attached hydrogens (tertiary/aromatic N) is 3. The lowest BCUT2D eigenvalue weighted by molar-refractivity contribution is -0.144. The summed E-state index contributed by atoms with van der Waals surface area (Å²) in [6.45, 7) is 2.01. The number of likely N-dealkylation sites (tertiary alicyclic amines) is 1. The van der Waals surface area contributed by atoms with Crippen molar-refractivity contribution >= 4 is 23.5 Å². The second-order valence-electron chi connectivity index (χ2n) is 5.87. The molecule has 1 heterocycles. The van der Waals surface area contributed by atoms with Gasteiger partial charge in [-0.1, -0.05) is 12.1 Å². The van der Waals surface area contributed by atoms with Crippen molar-refractivity contribution in [2.45, 2.75) is 32.2 Å². The van der Waals surface area contributed by atoms with Gasteiger partial charge in [-0.3, -0.25) is 14.9 Å². The third-order valence-corrected chi connectivity index (χ3v) is 3.82. The summed E-state index contributed by atoms with van der Waals surface area (Å²) < 4.78 is 0. The second-order valence-corrected chi connectivity index (χ2v) is 5.87. The number of anilines is 1. The van der Waals surface area contributed by atoms with Gasteiger partial charge in [-0.15, -0.1) is 0 Å². The van der Waals surface area contributed by atoms with Crippen molar-refractivity contribution in [2.75, 3.05) is 18.4 Å². The van der Waals surface area contributed by atoms with Crippen molar-refractivity contribution in [1.82, 2.24) is 10.2 Å². The van der Waals surface area contributed by atoms with E-state index in [1.807, 2.05) is 31.2 Å². The molecule has 0 unspecified atom stereocenters. The summed E-state index contributed by atoms with van der Waals surface area (Å²) in [5.74, 6) is -1.21. The summed E-state index contributed by atoms with van der Waals surface area (Å²) in [6.07, 6.45) is 3.82. The van der Waals surface area contributed by atoms with E-state index in [2.05, 4.69) is 15.6 Å². The number of hydrogen-bond donors (Lipinski definition) is 3. The van der Waals surface area contributed by atoms with E-state index in [-0.39, 0.29) is 18.4 Å². The molecular weight excluding hydrogens is 322 g/mol. The zero-order chi connectivity index (χ0) is 18.2. The van der Waals surface area contributed by atoms with Crippen molar-refractivity contribution in [3.8, 4) is 6.19 Å². The van der Waals surface area contributed by atoms with Crippen molar-refractivity contribution in [3.05, 3.63) is 29.8 Å². The van der Waals surface area contributed by atoms with E-state index in [4.69, 9.17) is 10.4 Å². The fourth-order valence-electron chi connectivity index (χ4n) is 2.69. The molecular formula is C17H21N5O3. The number of hydrogen-bond acceptors (Lipinski definition) is 4. The Morgan fingerprint density at radius 2 is 2.28 bits per heavy atom. The third-order valence-electron chi connectivity index (χ3n) is 3.82. The summed E-state index contributed by atoms with van der Waals surface area (Å²) in [6, 6.07) is 6.81. The Morgan fingerprint density at radius 1 is 1.48 bits per heavy atom. The molecule has 25 heavy (non-hydrogen) atoms. The highest BCUT2D eigenvalue weighted by atomic mass is 16.4. The smallest absolute Gasteiger partial charge is 0.323 e. The topological polar surface area (TPSA) is 118 Å². The monoisotopic (exact) mass is 343 g/mol. The molecule has 0 bridgehead atoms. The average Bonchev–Trinajstić information content (AvgIpc) is 2.70. The minimum atomic E-state index is -1.05. The highest BCUT2D eigenvalue weighted by molar-refractivity contribution is 5.97. The van der Waals surface area contributed by atoms with Crippen LogP contribution in [0.2, 0.25) is 0 Å². The van der Waals surface area contributed by atoms with E-state index >= 15 is 0 Å². The normalized spacial score (nSPS) is 18.2. The molecule has 1 atom stereocenters. The lowest BCUT2D eigenvalue weighted by Gasteiger charge is -2.21. The Morgan fingerprint density at radius 3 is 2.96 bits per heavy atom. The maximum absolute atomic E-state index is 12.5. The van der Waals surface area contributed by atoms with Crippen LogP contribution in [0.1, 0.15) is 24.8 Å². The molecule has 1 fully saturated rings. The van der Waals surface area contributed by atoms with Crippen LogP contribution in [0.5, 0.6) is 0 Å². The molecule has 0 radical (unpaired) electrons. The van der Waals surface area contributed by atoms with Gasteiger partial charge in [-0.2, -0.15) is 5.26 Å². The van der Waals surface area contributed by atoms with E-state index in [0.717, 1.165) is 24.1 Å². The van der Waals surface area contributed by atoms with Gasteiger partial charge >= 0.3 is 5.97 Å². The third kappa shape index (κ3) is 5.49. The Labute approximate surface area is 146 Å². The number of benzene rings is 1. The number of nitriles is 1. The van der Waals surface area contributed by atoms with E-state index in [1.165, 1.54) is 4.90 Å². The number of nitrogens with one attached hydrogen (secondary N) is 2. The Bertz CT molecular complexity index is 710. The minimum absolute atomic E-state index is 0.170. The van der Waals surface area contributed by atoms with Gasteiger partial charge in [0.1, 0.15) is 12.6 Å². The van der Waals surface area contributed by atoms with Crippen LogP contribution < -0.4 is 10.6 Å². The number of aryl methyl sites for hydroxylation is 1. The SMILES string of the molecule is Cc1cccc(NC(=N[C@H]2CCCCN(CC(=O)O)C2=O)NC#N)c1. The van der Waals surface area contributed by atoms with Crippen molar-refractivity contribution in [3.63, 3.8) is 0 Å². The van der Waals surface area contributed by atoms with E-state index in [1.54, 1.807) is 6.19 Å². The molecule has 1 saturated heterocycles. The first-order valence-electron chi connectivity index (χ1n) is 8.07. The van der Waals surface area contributed by atoms with Gasteiger partial charge in [0.15, 0.2) is 6.19 Å². The van der Waals surface area contributed by atoms with Crippen LogP contribution in [0, 0.1) is 18.4 Å². The molecule has 0 aliphatic carbocycles. The van der Waals surface area contributed by atoms with Gasteiger partial charge in [0.25, 0.3) is 0 Å². The number of carboxylic acid groups (broad SMARTS) is 1. The summed E-state index contributed by atoms with van der Waals surface area (Å²) >= 11 is 0. The van der Waals surface area contributed by atoms with Gasteiger partial charge < -0.3 is 15.3 Å². The molecule has 1 aromatic carbocycles. The molecule has 8 heteroatoms. The van der Waals surface area contributed by atoms with Gasteiger partial charge in [0.05, 0.1) is 0 Å². The number of guanidine groups is 1. The molecule has 1 aliphatic rings. The first kappa shape index (κ1) is 18.3. The number of carbonyl (C=O) groups is 2. The Balaban J connectivity index is 2.20.